The third-order valence-corrected chi connectivity index (χ3v) is 3.99. The van der Waals surface area contributed by atoms with Crippen molar-refractivity contribution in [3.63, 3.8) is 0 Å². The summed E-state index contributed by atoms with van der Waals surface area (Å²) in [7, 11) is 0. The van der Waals surface area contributed by atoms with Crippen molar-refractivity contribution < 1.29 is 13.2 Å². The van der Waals surface area contributed by atoms with Gasteiger partial charge in [-0.25, -0.2) is 0 Å². The monoisotopic (exact) mass is 384 g/mol. The summed E-state index contributed by atoms with van der Waals surface area (Å²) in [6.45, 7) is 15.0. The van der Waals surface area contributed by atoms with Gasteiger partial charge in [0.25, 0.3) is 0 Å². The molecule has 27 heavy (non-hydrogen) atoms. The molecule has 0 aliphatic heterocycles. The maximum Gasteiger partial charge on any atom is 0.392 e. The van der Waals surface area contributed by atoms with E-state index in [1.165, 1.54) is 6.08 Å². The van der Waals surface area contributed by atoms with E-state index in [0.29, 0.717) is 0 Å². The standard InChI is InChI=1S/C22H35F3N2/c1-5-12-20(21(13-6-2)15-11-16-22(23,24)25)14-9-10-17-26-18-19-27(7-3)8-4/h5,9,11-15,26H,1,6-8,10,16-19H2,2-4H3/b14-9-,15-11-,20-12+,21-13+. The molecule has 0 aliphatic carbocycles. The minimum Gasteiger partial charge on any atom is -0.315 e. The summed E-state index contributed by atoms with van der Waals surface area (Å²) in [4.78, 5) is 2.36. The number of nitrogens with one attached hydrogen (secondary N) is 1. The topological polar surface area (TPSA) is 15.3 Å². The van der Waals surface area contributed by atoms with Crippen molar-refractivity contribution >= 4 is 0 Å². The molecule has 0 aromatic carbocycles. The molecule has 0 aromatic heterocycles. The number of rotatable bonds is 14. The number of hydrogen-bond donors (Lipinski definition) is 1. The number of alkyl halides is 3. The fraction of sp³-hybridized carbons (Fsp3) is 0.545. The Morgan fingerprint density at radius 1 is 1.00 bits per heavy atom. The number of allylic oxidation sites excluding steroid dienone is 8. The second kappa shape index (κ2) is 15.5. The molecule has 0 spiro atoms. The minimum atomic E-state index is -4.18. The van der Waals surface area contributed by atoms with E-state index in [-0.39, 0.29) is 0 Å². The molecule has 0 heterocycles. The third kappa shape index (κ3) is 14.2. The first kappa shape index (κ1) is 25.4. The fourth-order valence-electron chi connectivity index (χ4n) is 2.49. The van der Waals surface area contributed by atoms with Crippen LogP contribution in [-0.4, -0.2) is 43.8 Å². The van der Waals surface area contributed by atoms with E-state index >= 15 is 0 Å². The van der Waals surface area contributed by atoms with Crippen molar-refractivity contribution in [2.75, 3.05) is 32.7 Å². The SMILES string of the molecule is C=C/C=C(\C=C/CCNCCN(CC)CC)C(/C=C\CC(F)(F)F)=C/CC. The molecule has 5 heteroatoms. The van der Waals surface area contributed by atoms with Gasteiger partial charge in [0, 0.05) is 13.1 Å². The van der Waals surface area contributed by atoms with Gasteiger partial charge in [-0.05, 0) is 43.6 Å². The van der Waals surface area contributed by atoms with Gasteiger partial charge in [0.05, 0.1) is 6.42 Å². The first-order valence-corrected chi connectivity index (χ1v) is 9.74. The first-order valence-electron chi connectivity index (χ1n) is 9.74. The minimum absolute atomic E-state index is 0.751. The lowest BCUT2D eigenvalue weighted by Gasteiger charge is -2.17. The zero-order chi connectivity index (χ0) is 20.5. The highest BCUT2D eigenvalue weighted by molar-refractivity contribution is 5.47. The Hall–Kier alpha value is -1.59. The molecule has 0 fully saturated rings. The molecule has 0 unspecified atom stereocenters. The van der Waals surface area contributed by atoms with E-state index in [2.05, 4.69) is 30.6 Å². The normalized spacial score (nSPS) is 14.0. The van der Waals surface area contributed by atoms with E-state index in [9.17, 15) is 13.2 Å². The van der Waals surface area contributed by atoms with E-state index in [1.807, 2.05) is 31.2 Å². The summed E-state index contributed by atoms with van der Waals surface area (Å²) in [5, 5.41) is 3.41. The predicted octanol–water partition coefficient (Wildman–Crippen LogP) is 5.82. The van der Waals surface area contributed by atoms with Crippen LogP contribution in [0.2, 0.25) is 0 Å². The van der Waals surface area contributed by atoms with Crippen molar-refractivity contribution in [3.05, 3.63) is 60.3 Å². The summed E-state index contributed by atoms with van der Waals surface area (Å²) in [5.74, 6) is 0. The highest BCUT2D eigenvalue weighted by Gasteiger charge is 2.24. The van der Waals surface area contributed by atoms with Crippen LogP contribution in [0.1, 0.15) is 40.0 Å². The molecule has 0 atom stereocenters. The van der Waals surface area contributed by atoms with Gasteiger partial charge in [0.15, 0.2) is 0 Å². The van der Waals surface area contributed by atoms with Gasteiger partial charge in [-0.1, -0.05) is 69.9 Å². The van der Waals surface area contributed by atoms with E-state index < -0.39 is 12.6 Å². The van der Waals surface area contributed by atoms with Crippen LogP contribution in [-0.2, 0) is 0 Å². The zero-order valence-corrected chi connectivity index (χ0v) is 17.0. The molecule has 0 saturated heterocycles. The van der Waals surface area contributed by atoms with Gasteiger partial charge in [-0.3, -0.25) is 0 Å². The first-order chi connectivity index (χ1) is 12.9. The molecule has 0 radical (unpaired) electrons. The number of halogens is 3. The predicted molar refractivity (Wildman–Crippen MR) is 111 cm³/mol. The lowest BCUT2D eigenvalue weighted by Crippen LogP contribution is -2.32. The van der Waals surface area contributed by atoms with E-state index in [0.717, 1.165) is 56.7 Å². The highest BCUT2D eigenvalue weighted by Crippen LogP contribution is 2.22. The molecule has 2 nitrogen and oxygen atoms in total. The summed E-state index contributed by atoms with van der Waals surface area (Å²) < 4.78 is 37.1. The fourth-order valence-corrected chi connectivity index (χ4v) is 2.49. The van der Waals surface area contributed by atoms with Crippen LogP contribution in [0.3, 0.4) is 0 Å². The van der Waals surface area contributed by atoms with Gasteiger partial charge in [0.2, 0.25) is 0 Å². The maximum atomic E-state index is 12.4. The van der Waals surface area contributed by atoms with Crippen molar-refractivity contribution in [1.82, 2.24) is 10.2 Å². The number of likely N-dealkylation sites (N-methyl/N-ethyl adjacent to an activating group) is 1. The quantitative estimate of drug-likeness (QED) is 0.300. The molecule has 0 amide bonds. The van der Waals surface area contributed by atoms with Crippen LogP contribution in [0.15, 0.2) is 60.3 Å². The van der Waals surface area contributed by atoms with Gasteiger partial charge in [0.1, 0.15) is 0 Å². The van der Waals surface area contributed by atoms with Crippen LogP contribution in [0.5, 0.6) is 0 Å². The molecule has 1 N–H and O–H groups in total. The molecule has 0 aromatic rings. The van der Waals surface area contributed by atoms with Crippen LogP contribution < -0.4 is 5.32 Å². The molecule has 0 aliphatic rings. The highest BCUT2D eigenvalue weighted by atomic mass is 19.4. The smallest absolute Gasteiger partial charge is 0.315 e. The molecular weight excluding hydrogens is 349 g/mol. The van der Waals surface area contributed by atoms with Gasteiger partial charge < -0.3 is 10.2 Å². The molecule has 0 saturated carbocycles. The third-order valence-electron chi connectivity index (χ3n) is 3.99. The van der Waals surface area contributed by atoms with Crippen molar-refractivity contribution in [2.45, 2.75) is 46.2 Å². The number of hydrogen-bond acceptors (Lipinski definition) is 2. The average molecular weight is 385 g/mol. The number of nitrogens with zero attached hydrogens (tertiary/aromatic N) is 1. The molecular formula is C22H35F3N2. The summed E-state index contributed by atoms with van der Waals surface area (Å²) >= 11 is 0. The Kier molecular flexibility index (Phi) is 14.6. The molecule has 0 bridgehead atoms. The summed E-state index contributed by atoms with van der Waals surface area (Å²) in [6.07, 6.45) is 8.62. The van der Waals surface area contributed by atoms with Crippen LogP contribution in [0.4, 0.5) is 13.2 Å². The van der Waals surface area contributed by atoms with Gasteiger partial charge >= 0.3 is 6.18 Å². The van der Waals surface area contributed by atoms with Crippen molar-refractivity contribution in [1.29, 1.82) is 0 Å². The van der Waals surface area contributed by atoms with Crippen molar-refractivity contribution in [3.8, 4) is 0 Å². The Morgan fingerprint density at radius 2 is 1.67 bits per heavy atom. The Labute approximate surface area is 163 Å². The second-order valence-electron chi connectivity index (χ2n) is 6.12. The second-order valence-corrected chi connectivity index (χ2v) is 6.12. The van der Waals surface area contributed by atoms with Gasteiger partial charge in [-0.2, -0.15) is 13.2 Å². The zero-order valence-electron chi connectivity index (χ0n) is 17.0. The Bertz CT molecular complexity index is 510. The molecule has 0 rings (SSSR count). The van der Waals surface area contributed by atoms with Crippen molar-refractivity contribution in [2.24, 2.45) is 0 Å². The maximum absolute atomic E-state index is 12.4. The largest absolute Gasteiger partial charge is 0.392 e. The Balaban J connectivity index is 4.62. The van der Waals surface area contributed by atoms with Crippen LogP contribution in [0.25, 0.3) is 0 Å². The van der Waals surface area contributed by atoms with E-state index in [4.69, 9.17) is 0 Å². The summed E-state index contributed by atoms with van der Waals surface area (Å²) in [6, 6.07) is 0. The van der Waals surface area contributed by atoms with Crippen LogP contribution >= 0.6 is 0 Å². The lowest BCUT2D eigenvalue weighted by molar-refractivity contribution is -0.125. The lowest BCUT2D eigenvalue weighted by atomic mass is 10.0. The average Bonchev–Trinajstić information content (AvgIpc) is 2.61. The molecule has 154 valence electrons. The van der Waals surface area contributed by atoms with Crippen LogP contribution in [0, 0.1) is 0 Å². The van der Waals surface area contributed by atoms with E-state index in [1.54, 1.807) is 12.2 Å². The van der Waals surface area contributed by atoms with Gasteiger partial charge in [-0.15, -0.1) is 0 Å². The Morgan fingerprint density at radius 3 is 2.22 bits per heavy atom. The summed E-state index contributed by atoms with van der Waals surface area (Å²) in [5.41, 5.74) is 1.65.